The molecule has 43 heavy (non-hydrogen) atoms. The molecular formula is C29H27F5N4O5. The fourth-order valence-electron chi connectivity index (χ4n) is 4.93. The number of carbonyl (C=O) groups excluding carboxylic acids is 5. The number of anilines is 1. The van der Waals surface area contributed by atoms with Crippen molar-refractivity contribution in [3.63, 3.8) is 0 Å². The summed E-state index contributed by atoms with van der Waals surface area (Å²) in [5, 5.41) is 4.66. The second-order valence-corrected chi connectivity index (χ2v) is 10.6. The molecule has 14 heteroatoms. The maximum absolute atomic E-state index is 15.3. The average Bonchev–Trinajstić information content (AvgIpc) is 3.25. The summed E-state index contributed by atoms with van der Waals surface area (Å²) in [7, 11) is 0. The molecule has 2 unspecified atom stereocenters. The standard InChI is InChI=1S/C29H27F5N4O5/c1-14(2)12-35-26(41)24(19-7-5-17(10-21(19)31)29(32,33)34)38(27(42)15(3)30)18-6-4-16-13-37(28(43)20(16)11-18)22-8-9-23(39)36-25(22)40/h4-7,10-11,14,22,24H,3,8-9,12-13H2,1-2H3,(H,35,41)(H,36,39,40). The van der Waals surface area contributed by atoms with E-state index in [0.29, 0.717) is 22.6 Å². The number of carbonyl (C=O) groups is 5. The summed E-state index contributed by atoms with van der Waals surface area (Å²) < 4.78 is 69.5. The lowest BCUT2D eigenvalue weighted by Crippen LogP contribution is -2.52. The third kappa shape index (κ3) is 6.42. The summed E-state index contributed by atoms with van der Waals surface area (Å²) in [4.78, 5) is 65.7. The van der Waals surface area contributed by atoms with Crippen molar-refractivity contribution in [3.8, 4) is 0 Å². The van der Waals surface area contributed by atoms with Crippen molar-refractivity contribution >= 4 is 35.2 Å². The van der Waals surface area contributed by atoms with Crippen molar-refractivity contribution in [3.05, 3.63) is 76.9 Å². The normalized spacial score (nSPS) is 17.4. The highest BCUT2D eigenvalue weighted by Gasteiger charge is 2.41. The predicted octanol–water partition coefficient (Wildman–Crippen LogP) is 3.94. The number of imide groups is 1. The molecule has 2 aliphatic heterocycles. The van der Waals surface area contributed by atoms with E-state index in [1.54, 1.807) is 13.8 Å². The Balaban J connectivity index is 1.81. The molecular weight excluding hydrogens is 579 g/mol. The molecule has 2 aliphatic rings. The largest absolute Gasteiger partial charge is 0.416 e. The van der Waals surface area contributed by atoms with Gasteiger partial charge in [-0.1, -0.05) is 32.6 Å². The first kappa shape index (κ1) is 31.3. The van der Waals surface area contributed by atoms with E-state index in [2.05, 4.69) is 17.2 Å². The zero-order valence-corrected chi connectivity index (χ0v) is 23.1. The van der Waals surface area contributed by atoms with Crippen LogP contribution in [0.25, 0.3) is 0 Å². The predicted molar refractivity (Wildman–Crippen MR) is 142 cm³/mol. The number of amides is 5. The lowest BCUT2D eigenvalue weighted by molar-refractivity contribution is -0.138. The lowest BCUT2D eigenvalue weighted by atomic mass is 9.99. The fraction of sp³-hybridized carbons (Fsp3) is 0.345. The van der Waals surface area contributed by atoms with Crippen LogP contribution < -0.4 is 15.5 Å². The van der Waals surface area contributed by atoms with Crippen LogP contribution in [0.4, 0.5) is 27.6 Å². The minimum atomic E-state index is -4.91. The maximum Gasteiger partial charge on any atom is 0.416 e. The smallest absolute Gasteiger partial charge is 0.354 e. The van der Waals surface area contributed by atoms with Gasteiger partial charge in [0.15, 0.2) is 5.83 Å². The monoisotopic (exact) mass is 606 g/mol. The summed E-state index contributed by atoms with van der Waals surface area (Å²) in [6, 6.07) is 2.19. The van der Waals surface area contributed by atoms with E-state index in [9.17, 15) is 41.5 Å². The average molecular weight is 607 g/mol. The van der Waals surface area contributed by atoms with Gasteiger partial charge in [-0.15, -0.1) is 0 Å². The van der Waals surface area contributed by atoms with Crippen LogP contribution >= 0.6 is 0 Å². The first-order valence-corrected chi connectivity index (χ1v) is 13.2. The Morgan fingerprint density at radius 2 is 1.84 bits per heavy atom. The number of alkyl halides is 3. The Bertz CT molecular complexity index is 1520. The summed E-state index contributed by atoms with van der Waals surface area (Å²) in [6.45, 7) is 6.45. The molecule has 2 aromatic carbocycles. The molecule has 2 heterocycles. The third-order valence-electron chi connectivity index (χ3n) is 7.05. The van der Waals surface area contributed by atoms with Crippen LogP contribution in [0, 0.1) is 11.7 Å². The van der Waals surface area contributed by atoms with E-state index in [1.165, 1.54) is 17.0 Å². The number of fused-ring (bicyclic) bond motifs is 1. The van der Waals surface area contributed by atoms with Gasteiger partial charge in [-0.3, -0.25) is 34.2 Å². The maximum atomic E-state index is 15.3. The quantitative estimate of drug-likeness (QED) is 0.269. The number of hydrogen-bond acceptors (Lipinski definition) is 5. The molecule has 4 rings (SSSR count). The van der Waals surface area contributed by atoms with E-state index < -0.39 is 70.6 Å². The second kappa shape index (κ2) is 11.9. The van der Waals surface area contributed by atoms with E-state index in [-0.39, 0.29) is 49.2 Å². The summed E-state index contributed by atoms with van der Waals surface area (Å²) in [6.07, 6.45) is -4.82. The van der Waals surface area contributed by atoms with Crippen LogP contribution in [-0.2, 0) is 31.9 Å². The number of benzene rings is 2. The zero-order chi connectivity index (χ0) is 31.8. The summed E-state index contributed by atoms with van der Waals surface area (Å²) >= 11 is 0. The van der Waals surface area contributed by atoms with E-state index in [1.807, 2.05) is 0 Å². The van der Waals surface area contributed by atoms with Gasteiger partial charge in [0.1, 0.15) is 17.9 Å². The van der Waals surface area contributed by atoms with E-state index >= 15 is 4.39 Å². The molecule has 0 spiro atoms. The van der Waals surface area contributed by atoms with Crippen molar-refractivity contribution in [2.45, 2.75) is 51.5 Å². The molecule has 0 aliphatic carbocycles. The lowest BCUT2D eigenvalue weighted by Gasteiger charge is -2.31. The molecule has 1 fully saturated rings. The van der Waals surface area contributed by atoms with Crippen molar-refractivity contribution < 1.29 is 45.9 Å². The Morgan fingerprint density at radius 1 is 1.14 bits per heavy atom. The highest BCUT2D eigenvalue weighted by Crippen LogP contribution is 2.37. The molecule has 2 N–H and O–H groups in total. The molecule has 0 bridgehead atoms. The number of nitrogens with zero attached hydrogens (tertiary/aromatic N) is 2. The zero-order valence-electron chi connectivity index (χ0n) is 23.1. The number of rotatable bonds is 8. The third-order valence-corrected chi connectivity index (χ3v) is 7.05. The van der Waals surface area contributed by atoms with Crippen molar-refractivity contribution in [2.24, 2.45) is 5.92 Å². The number of hydrogen-bond donors (Lipinski definition) is 2. The molecule has 228 valence electrons. The molecule has 2 atom stereocenters. The van der Waals surface area contributed by atoms with Gasteiger partial charge < -0.3 is 10.2 Å². The first-order chi connectivity index (χ1) is 20.1. The number of nitrogens with one attached hydrogen (secondary N) is 2. The van der Waals surface area contributed by atoms with Gasteiger partial charge in [0.2, 0.25) is 17.7 Å². The Kier molecular flexibility index (Phi) is 8.69. The highest BCUT2D eigenvalue weighted by molar-refractivity contribution is 6.10. The van der Waals surface area contributed by atoms with Gasteiger partial charge in [0, 0.05) is 36.3 Å². The van der Waals surface area contributed by atoms with Crippen LogP contribution in [0.15, 0.2) is 48.8 Å². The molecule has 0 radical (unpaired) electrons. The van der Waals surface area contributed by atoms with Crippen LogP contribution in [0.3, 0.4) is 0 Å². The molecule has 2 aromatic rings. The second-order valence-electron chi connectivity index (χ2n) is 10.6. The van der Waals surface area contributed by atoms with E-state index in [4.69, 9.17) is 0 Å². The Labute approximate surface area is 242 Å². The van der Waals surface area contributed by atoms with Crippen molar-refractivity contribution in [2.75, 3.05) is 11.4 Å². The SMILES string of the molecule is C=C(F)C(=O)N(c1ccc2c(c1)C(=O)N(C1CCC(=O)NC1=O)C2)C(C(=O)NCC(C)C)c1ccc(C(F)(F)F)cc1F. The Hall–Kier alpha value is -4.62. The van der Waals surface area contributed by atoms with Crippen LogP contribution in [0.1, 0.15) is 59.8 Å². The summed E-state index contributed by atoms with van der Waals surface area (Å²) in [5.74, 6) is -7.50. The molecule has 0 aromatic heterocycles. The van der Waals surface area contributed by atoms with Gasteiger partial charge in [0.25, 0.3) is 11.8 Å². The van der Waals surface area contributed by atoms with Crippen LogP contribution in [-0.4, -0.2) is 47.0 Å². The molecule has 5 amide bonds. The summed E-state index contributed by atoms with van der Waals surface area (Å²) in [5.41, 5.74) is -1.88. The van der Waals surface area contributed by atoms with Gasteiger partial charge >= 0.3 is 6.18 Å². The van der Waals surface area contributed by atoms with Crippen molar-refractivity contribution in [1.29, 1.82) is 0 Å². The van der Waals surface area contributed by atoms with Crippen LogP contribution in [0.5, 0.6) is 0 Å². The fourth-order valence-corrected chi connectivity index (χ4v) is 4.93. The number of piperidine rings is 1. The molecule has 9 nitrogen and oxygen atoms in total. The molecule has 1 saturated heterocycles. The van der Waals surface area contributed by atoms with Gasteiger partial charge in [0.05, 0.1) is 5.56 Å². The van der Waals surface area contributed by atoms with Crippen molar-refractivity contribution in [1.82, 2.24) is 15.5 Å². The Morgan fingerprint density at radius 3 is 2.42 bits per heavy atom. The van der Waals surface area contributed by atoms with Crippen LogP contribution in [0.2, 0.25) is 0 Å². The molecule has 0 saturated carbocycles. The minimum absolute atomic E-state index is 0.00847. The number of halogens is 5. The first-order valence-electron chi connectivity index (χ1n) is 13.2. The van der Waals surface area contributed by atoms with Gasteiger partial charge in [-0.05, 0) is 42.2 Å². The highest BCUT2D eigenvalue weighted by atomic mass is 19.4. The minimum Gasteiger partial charge on any atom is -0.354 e. The topological polar surface area (TPSA) is 116 Å². The van der Waals surface area contributed by atoms with Gasteiger partial charge in [-0.2, -0.15) is 13.2 Å². The van der Waals surface area contributed by atoms with E-state index in [0.717, 1.165) is 6.07 Å². The van der Waals surface area contributed by atoms with Gasteiger partial charge in [-0.25, -0.2) is 8.78 Å².